The summed E-state index contributed by atoms with van der Waals surface area (Å²) >= 11 is 0. The van der Waals surface area contributed by atoms with Crippen LogP contribution in [0.2, 0.25) is 0 Å². The highest BCUT2D eigenvalue weighted by Crippen LogP contribution is 2.30. The molecule has 1 aliphatic heterocycles. The number of nitrogens with one attached hydrogen (secondary N) is 1. The molecule has 0 saturated carbocycles. The third kappa shape index (κ3) is 2.65. The van der Waals surface area contributed by atoms with Crippen LogP contribution in [0, 0.1) is 6.92 Å². The molecule has 1 aliphatic rings. The predicted octanol–water partition coefficient (Wildman–Crippen LogP) is 2.86. The fourth-order valence-electron chi connectivity index (χ4n) is 3.12. The smallest absolute Gasteiger partial charge is 0.271 e. The molecule has 118 valence electrons. The second-order valence-electron chi connectivity index (χ2n) is 6.18. The lowest BCUT2D eigenvalue weighted by molar-refractivity contribution is 0.0587. The van der Waals surface area contributed by atoms with Crippen molar-refractivity contribution in [3.63, 3.8) is 0 Å². The molecule has 0 spiro atoms. The van der Waals surface area contributed by atoms with Crippen molar-refractivity contribution >= 4 is 5.91 Å². The summed E-state index contributed by atoms with van der Waals surface area (Å²) in [7, 11) is 0. The van der Waals surface area contributed by atoms with Gasteiger partial charge in [0.25, 0.3) is 5.91 Å². The second kappa shape index (κ2) is 5.94. The van der Waals surface area contributed by atoms with Crippen LogP contribution in [0.15, 0.2) is 18.3 Å². The molecule has 0 unspecified atom stereocenters. The third-order valence-electron chi connectivity index (χ3n) is 4.23. The number of aromatic nitrogens is 4. The standard InChI is InChI=1S/C16H23N5O/c1-11(2)20-10-6-8-14(20)16(22)21-9-5-4-7-13(21)15-17-12(3)18-19-15/h6,8,10-11,13H,4-5,7,9H2,1-3H3,(H,17,18,19)/t13-/m0/s1. The molecule has 3 heterocycles. The number of aryl methyl sites for hydroxylation is 1. The minimum atomic E-state index is -0.0262. The average molecular weight is 301 g/mol. The Labute approximate surface area is 130 Å². The molecule has 0 radical (unpaired) electrons. The first-order valence-electron chi connectivity index (χ1n) is 7.94. The number of aromatic amines is 1. The zero-order chi connectivity index (χ0) is 15.7. The maximum atomic E-state index is 13.0. The van der Waals surface area contributed by atoms with Crippen LogP contribution < -0.4 is 0 Å². The zero-order valence-corrected chi connectivity index (χ0v) is 13.4. The molecule has 0 bridgehead atoms. The Kier molecular flexibility index (Phi) is 4.00. The van der Waals surface area contributed by atoms with E-state index in [1.807, 2.05) is 34.7 Å². The first-order valence-corrected chi connectivity index (χ1v) is 7.94. The van der Waals surface area contributed by atoms with Gasteiger partial charge in [0.2, 0.25) is 0 Å². The molecular weight excluding hydrogens is 278 g/mol. The van der Waals surface area contributed by atoms with Gasteiger partial charge in [0.1, 0.15) is 11.5 Å². The van der Waals surface area contributed by atoms with Crippen molar-refractivity contribution < 1.29 is 4.79 Å². The number of hydrogen-bond acceptors (Lipinski definition) is 3. The summed E-state index contributed by atoms with van der Waals surface area (Å²) in [6.45, 7) is 6.82. The number of rotatable bonds is 3. The Hall–Kier alpha value is -2.11. The van der Waals surface area contributed by atoms with Crippen LogP contribution in [0.1, 0.15) is 67.3 Å². The summed E-state index contributed by atoms with van der Waals surface area (Å²) in [5.41, 5.74) is 0.745. The molecule has 0 aliphatic carbocycles. The van der Waals surface area contributed by atoms with Crippen molar-refractivity contribution in [1.82, 2.24) is 24.6 Å². The van der Waals surface area contributed by atoms with Crippen molar-refractivity contribution in [3.8, 4) is 0 Å². The van der Waals surface area contributed by atoms with E-state index in [2.05, 4.69) is 29.0 Å². The lowest BCUT2D eigenvalue weighted by Crippen LogP contribution is -2.40. The Bertz CT molecular complexity index is 657. The molecule has 2 aromatic heterocycles. The monoisotopic (exact) mass is 301 g/mol. The van der Waals surface area contributed by atoms with E-state index in [-0.39, 0.29) is 18.0 Å². The van der Waals surface area contributed by atoms with Gasteiger partial charge in [-0.2, -0.15) is 5.10 Å². The summed E-state index contributed by atoms with van der Waals surface area (Å²) in [4.78, 5) is 19.4. The molecule has 1 fully saturated rings. The van der Waals surface area contributed by atoms with Gasteiger partial charge >= 0.3 is 0 Å². The highest BCUT2D eigenvalue weighted by atomic mass is 16.2. The van der Waals surface area contributed by atoms with Crippen molar-refractivity contribution in [2.24, 2.45) is 0 Å². The van der Waals surface area contributed by atoms with E-state index >= 15 is 0 Å². The fraction of sp³-hybridized carbons (Fsp3) is 0.562. The molecule has 6 heteroatoms. The van der Waals surface area contributed by atoms with Gasteiger partial charge in [0.15, 0.2) is 5.82 Å². The lowest BCUT2D eigenvalue weighted by atomic mass is 10.0. The van der Waals surface area contributed by atoms with Crippen LogP contribution in [-0.4, -0.2) is 37.1 Å². The molecule has 1 saturated heterocycles. The lowest BCUT2D eigenvalue weighted by Gasteiger charge is -2.34. The van der Waals surface area contributed by atoms with E-state index < -0.39 is 0 Å². The first kappa shape index (κ1) is 14.8. The Morgan fingerprint density at radius 3 is 2.91 bits per heavy atom. The van der Waals surface area contributed by atoms with Crippen LogP contribution in [0.5, 0.6) is 0 Å². The summed E-state index contributed by atoms with van der Waals surface area (Å²) in [6.07, 6.45) is 5.03. The van der Waals surface area contributed by atoms with Gasteiger partial charge < -0.3 is 9.47 Å². The SMILES string of the molecule is Cc1nc([C@@H]2CCCCN2C(=O)c2cccn2C(C)C)n[nH]1. The summed E-state index contributed by atoms with van der Waals surface area (Å²) in [5, 5.41) is 7.16. The number of hydrogen-bond donors (Lipinski definition) is 1. The minimum absolute atomic E-state index is 0.0262. The normalized spacial score (nSPS) is 18.9. The number of carbonyl (C=O) groups excluding carboxylic acids is 1. The number of amides is 1. The highest BCUT2D eigenvalue weighted by molar-refractivity contribution is 5.93. The first-order chi connectivity index (χ1) is 10.6. The van der Waals surface area contributed by atoms with Gasteiger partial charge in [-0.1, -0.05) is 0 Å². The molecule has 3 rings (SSSR count). The molecule has 1 N–H and O–H groups in total. The molecule has 1 amide bonds. The third-order valence-corrected chi connectivity index (χ3v) is 4.23. The molecule has 6 nitrogen and oxygen atoms in total. The van der Waals surface area contributed by atoms with Crippen molar-refractivity contribution in [1.29, 1.82) is 0 Å². The highest BCUT2D eigenvalue weighted by Gasteiger charge is 2.32. The van der Waals surface area contributed by atoms with Crippen LogP contribution in [0.4, 0.5) is 0 Å². The topological polar surface area (TPSA) is 66.8 Å². The van der Waals surface area contributed by atoms with Gasteiger partial charge in [-0.05, 0) is 52.2 Å². The van der Waals surface area contributed by atoms with Gasteiger partial charge in [-0.25, -0.2) is 4.98 Å². The molecule has 1 atom stereocenters. The van der Waals surface area contributed by atoms with Crippen LogP contribution in [-0.2, 0) is 0 Å². The Balaban J connectivity index is 1.90. The molecular formula is C16H23N5O. The van der Waals surface area contributed by atoms with E-state index in [9.17, 15) is 4.79 Å². The van der Waals surface area contributed by atoms with Crippen LogP contribution in [0.3, 0.4) is 0 Å². The maximum absolute atomic E-state index is 13.0. The van der Waals surface area contributed by atoms with Gasteiger partial charge in [-0.15, -0.1) is 0 Å². The van der Waals surface area contributed by atoms with Crippen molar-refractivity contribution in [2.75, 3.05) is 6.54 Å². The Morgan fingerprint density at radius 1 is 1.41 bits per heavy atom. The number of piperidine rings is 1. The van der Waals surface area contributed by atoms with Crippen LogP contribution >= 0.6 is 0 Å². The van der Waals surface area contributed by atoms with Crippen molar-refractivity contribution in [3.05, 3.63) is 35.7 Å². The number of H-pyrrole nitrogens is 1. The van der Waals surface area contributed by atoms with E-state index in [1.54, 1.807) is 0 Å². The number of likely N-dealkylation sites (tertiary alicyclic amines) is 1. The average Bonchev–Trinajstić information content (AvgIpc) is 3.15. The second-order valence-corrected chi connectivity index (χ2v) is 6.18. The van der Waals surface area contributed by atoms with E-state index in [0.29, 0.717) is 0 Å². The minimum Gasteiger partial charge on any atom is -0.341 e. The Morgan fingerprint density at radius 2 is 2.23 bits per heavy atom. The van der Waals surface area contributed by atoms with Crippen LogP contribution in [0.25, 0.3) is 0 Å². The maximum Gasteiger partial charge on any atom is 0.271 e. The van der Waals surface area contributed by atoms with Gasteiger partial charge in [-0.3, -0.25) is 9.89 Å². The van der Waals surface area contributed by atoms with Gasteiger partial charge in [0.05, 0.1) is 6.04 Å². The van der Waals surface area contributed by atoms with E-state index in [0.717, 1.165) is 43.1 Å². The quantitative estimate of drug-likeness (QED) is 0.948. The summed E-state index contributed by atoms with van der Waals surface area (Å²) < 4.78 is 2.03. The summed E-state index contributed by atoms with van der Waals surface area (Å²) in [5.74, 6) is 1.59. The molecule has 0 aromatic carbocycles. The molecule has 22 heavy (non-hydrogen) atoms. The fourth-order valence-corrected chi connectivity index (χ4v) is 3.12. The summed E-state index contributed by atoms with van der Waals surface area (Å²) in [6, 6.07) is 4.07. The number of carbonyl (C=O) groups is 1. The van der Waals surface area contributed by atoms with E-state index in [4.69, 9.17) is 0 Å². The van der Waals surface area contributed by atoms with Gasteiger partial charge in [0, 0.05) is 18.8 Å². The largest absolute Gasteiger partial charge is 0.341 e. The van der Waals surface area contributed by atoms with Crippen molar-refractivity contribution in [2.45, 2.75) is 52.1 Å². The van der Waals surface area contributed by atoms with E-state index in [1.165, 1.54) is 0 Å². The number of nitrogens with zero attached hydrogens (tertiary/aromatic N) is 4. The predicted molar refractivity (Wildman–Crippen MR) is 83.6 cm³/mol. The molecule has 2 aromatic rings. The zero-order valence-electron chi connectivity index (χ0n) is 13.4.